The van der Waals surface area contributed by atoms with Crippen molar-refractivity contribution >= 4 is 12.2 Å². The van der Waals surface area contributed by atoms with Gasteiger partial charge in [0.1, 0.15) is 11.6 Å². The number of benzene rings is 2. The van der Waals surface area contributed by atoms with Crippen molar-refractivity contribution in [1.82, 2.24) is 29.3 Å². The molecule has 0 aliphatic carbocycles. The molecule has 0 fully saturated rings. The smallest absolute Gasteiger partial charge is 0.122 e. The number of H-pyrrole nitrogens is 1. The van der Waals surface area contributed by atoms with E-state index in [-0.39, 0.29) is 0 Å². The summed E-state index contributed by atoms with van der Waals surface area (Å²) < 4.78 is 2.07. The lowest BCUT2D eigenvalue weighted by molar-refractivity contribution is 0.233. The maximum Gasteiger partial charge on any atom is 0.122 e. The molecule has 6 heteroatoms. The lowest BCUT2D eigenvalue weighted by Crippen LogP contribution is -2.24. The average molecular weight is 497 g/mol. The van der Waals surface area contributed by atoms with Crippen LogP contribution in [0.3, 0.4) is 0 Å². The maximum absolute atomic E-state index is 4.51. The first-order chi connectivity index (χ1) is 18.1. The van der Waals surface area contributed by atoms with E-state index < -0.39 is 0 Å². The molecule has 37 heavy (non-hydrogen) atoms. The second-order valence-electron chi connectivity index (χ2n) is 9.73. The molecule has 194 valence electrons. The molecule has 2 heterocycles. The molecular formula is C31H40N6. The van der Waals surface area contributed by atoms with Gasteiger partial charge in [0.25, 0.3) is 0 Å². The van der Waals surface area contributed by atoms with Gasteiger partial charge in [0.2, 0.25) is 0 Å². The SMILES string of the molecule is CCCN(CCC)Cc1ccc(C=Cc2ccc(CN(Cc3ncc[nH]3)Cc3nccn3C)cc2)cc1. The van der Waals surface area contributed by atoms with Crippen molar-refractivity contribution in [2.45, 2.75) is 52.9 Å². The Kier molecular flexibility index (Phi) is 9.86. The Hall–Kier alpha value is -3.48. The minimum absolute atomic E-state index is 0.742. The van der Waals surface area contributed by atoms with E-state index in [1.54, 1.807) is 6.20 Å². The van der Waals surface area contributed by atoms with Crippen LogP contribution in [0, 0.1) is 0 Å². The molecule has 0 aliphatic rings. The maximum atomic E-state index is 4.51. The Morgan fingerprint density at radius 1 is 0.730 bits per heavy atom. The van der Waals surface area contributed by atoms with Crippen molar-refractivity contribution in [1.29, 1.82) is 0 Å². The van der Waals surface area contributed by atoms with Gasteiger partial charge < -0.3 is 9.55 Å². The first-order valence-corrected chi connectivity index (χ1v) is 13.4. The van der Waals surface area contributed by atoms with Gasteiger partial charge in [0, 0.05) is 44.9 Å². The van der Waals surface area contributed by atoms with Crippen LogP contribution in [0.4, 0.5) is 0 Å². The Morgan fingerprint density at radius 2 is 1.32 bits per heavy atom. The van der Waals surface area contributed by atoms with Gasteiger partial charge in [0.15, 0.2) is 0 Å². The standard InChI is InChI=1S/C31H40N6/c1-4-19-36(20-5-2)22-28-12-8-26(9-13-28)6-7-27-10-14-29(15-11-27)23-37(24-30-32-16-17-33-30)25-31-34-18-21-35(31)3/h6-18,21H,4-5,19-20,22-25H2,1-3H3,(H,32,33). The second kappa shape index (κ2) is 13.7. The normalized spacial score (nSPS) is 11.8. The largest absolute Gasteiger partial charge is 0.348 e. The molecule has 6 nitrogen and oxygen atoms in total. The Labute approximate surface area is 221 Å². The highest BCUT2D eigenvalue weighted by molar-refractivity contribution is 5.69. The molecule has 4 aromatic rings. The molecular weight excluding hydrogens is 456 g/mol. The molecule has 0 saturated carbocycles. The third-order valence-corrected chi connectivity index (χ3v) is 6.53. The van der Waals surface area contributed by atoms with Crippen LogP contribution in [0.2, 0.25) is 0 Å². The average Bonchev–Trinajstić information content (AvgIpc) is 3.56. The van der Waals surface area contributed by atoms with E-state index in [1.165, 1.54) is 35.1 Å². The van der Waals surface area contributed by atoms with E-state index in [0.29, 0.717) is 0 Å². The Balaban J connectivity index is 1.35. The first kappa shape index (κ1) is 26.6. The van der Waals surface area contributed by atoms with E-state index in [4.69, 9.17) is 0 Å². The fourth-order valence-electron chi connectivity index (χ4n) is 4.59. The number of nitrogens with one attached hydrogen (secondary N) is 1. The van der Waals surface area contributed by atoms with E-state index in [2.05, 4.69) is 104 Å². The predicted octanol–water partition coefficient (Wildman–Crippen LogP) is 6.14. The topological polar surface area (TPSA) is 53.0 Å². The lowest BCUT2D eigenvalue weighted by Gasteiger charge is -2.21. The monoisotopic (exact) mass is 496 g/mol. The Morgan fingerprint density at radius 3 is 1.81 bits per heavy atom. The van der Waals surface area contributed by atoms with Crippen molar-refractivity contribution in [2.75, 3.05) is 13.1 Å². The first-order valence-electron chi connectivity index (χ1n) is 13.4. The molecule has 4 rings (SSSR count). The highest BCUT2D eigenvalue weighted by Crippen LogP contribution is 2.15. The van der Waals surface area contributed by atoms with Gasteiger partial charge in [-0.1, -0.05) is 74.5 Å². The number of aromatic nitrogens is 4. The second-order valence-corrected chi connectivity index (χ2v) is 9.73. The highest BCUT2D eigenvalue weighted by atomic mass is 15.2. The minimum Gasteiger partial charge on any atom is -0.348 e. The molecule has 0 atom stereocenters. The molecule has 0 unspecified atom stereocenters. The molecule has 2 aromatic carbocycles. The zero-order valence-electron chi connectivity index (χ0n) is 22.5. The summed E-state index contributed by atoms with van der Waals surface area (Å²) in [7, 11) is 2.04. The number of nitrogens with zero attached hydrogens (tertiary/aromatic N) is 5. The number of aromatic amines is 1. The summed E-state index contributed by atoms with van der Waals surface area (Å²) in [5.74, 6) is 2.00. The van der Waals surface area contributed by atoms with Crippen LogP contribution < -0.4 is 0 Å². The molecule has 0 spiro atoms. The van der Waals surface area contributed by atoms with Crippen molar-refractivity contribution in [3.8, 4) is 0 Å². The van der Waals surface area contributed by atoms with Crippen LogP contribution in [0.1, 0.15) is 60.6 Å². The number of aryl methyl sites for hydroxylation is 1. The molecule has 2 aromatic heterocycles. The van der Waals surface area contributed by atoms with Crippen molar-refractivity contribution < 1.29 is 0 Å². The van der Waals surface area contributed by atoms with Gasteiger partial charge in [-0.2, -0.15) is 0 Å². The molecule has 0 amide bonds. The number of hydrogen-bond donors (Lipinski definition) is 1. The summed E-state index contributed by atoms with van der Waals surface area (Å²) in [6.45, 7) is 10.2. The van der Waals surface area contributed by atoms with E-state index in [0.717, 1.165) is 50.9 Å². The molecule has 0 aliphatic heterocycles. The van der Waals surface area contributed by atoms with Crippen LogP contribution in [-0.2, 0) is 33.2 Å². The molecule has 1 N–H and O–H groups in total. The summed E-state index contributed by atoms with van der Waals surface area (Å²) in [5.41, 5.74) is 5.08. The van der Waals surface area contributed by atoms with E-state index in [1.807, 2.05) is 25.6 Å². The molecule has 0 saturated heterocycles. The Bertz CT molecular complexity index is 1200. The predicted molar refractivity (Wildman–Crippen MR) is 152 cm³/mol. The van der Waals surface area contributed by atoms with E-state index in [9.17, 15) is 0 Å². The van der Waals surface area contributed by atoms with Crippen molar-refractivity contribution in [2.24, 2.45) is 7.05 Å². The third kappa shape index (κ3) is 8.27. The summed E-state index contributed by atoms with van der Waals surface area (Å²) >= 11 is 0. The molecule has 0 bridgehead atoms. The quantitative estimate of drug-likeness (QED) is 0.213. The zero-order chi connectivity index (χ0) is 25.9. The van der Waals surface area contributed by atoms with Crippen molar-refractivity contribution in [3.63, 3.8) is 0 Å². The van der Waals surface area contributed by atoms with Gasteiger partial charge in [-0.15, -0.1) is 0 Å². The van der Waals surface area contributed by atoms with Crippen LogP contribution in [0.5, 0.6) is 0 Å². The highest BCUT2D eigenvalue weighted by Gasteiger charge is 2.12. The van der Waals surface area contributed by atoms with Crippen LogP contribution in [0.15, 0.2) is 73.3 Å². The number of rotatable bonds is 14. The van der Waals surface area contributed by atoms with Gasteiger partial charge in [-0.3, -0.25) is 9.80 Å². The van der Waals surface area contributed by atoms with Gasteiger partial charge in [-0.25, -0.2) is 9.97 Å². The van der Waals surface area contributed by atoms with Crippen LogP contribution in [-0.4, -0.2) is 42.4 Å². The summed E-state index contributed by atoms with van der Waals surface area (Å²) in [5, 5.41) is 0. The van der Waals surface area contributed by atoms with Crippen LogP contribution in [0.25, 0.3) is 12.2 Å². The van der Waals surface area contributed by atoms with Crippen LogP contribution >= 0.6 is 0 Å². The molecule has 0 radical (unpaired) electrons. The van der Waals surface area contributed by atoms with Gasteiger partial charge >= 0.3 is 0 Å². The number of hydrogen-bond acceptors (Lipinski definition) is 4. The fraction of sp³-hybridized carbons (Fsp3) is 0.355. The van der Waals surface area contributed by atoms with Gasteiger partial charge in [0.05, 0.1) is 13.1 Å². The van der Waals surface area contributed by atoms with Crippen molar-refractivity contribution in [3.05, 3.63) is 107 Å². The summed E-state index contributed by atoms with van der Waals surface area (Å²) in [6.07, 6.45) is 14.3. The van der Waals surface area contributed by atoms with E-state index >= 15 is 0 Å². The minimum atomic E-state index is 0.742. The summed E-state index contributed by atoms with van der Waals surface area (Å²) in [4.78, 5) is 17.0. The number of imidazole rings is 2. The zero-order valence-corrected chi connectivity index (χ0v) is 22.5. The van der Waals surface area contributed by atoms with Gasteiger partial charge in [-0.05, 0) is 48.2 Å². The third-order valence-electron chi connectivity index (χ3n) is 6.53. The fourth-order valence-corrected chi connectivity index (χ4v) is 4.59. The summed E-state index contributed by atoms with van der Waals surface area (Å²) in [6, 6.07) is 17.8. The lowest BCUT2D eigenvalue weighted by atomic mass is 10.1.